The van der Waals surface area contributed by atoms with Gasteiger partial charge in [-0.2, -0.15) is 4.98 Å². The predicted octanol–water partition coefficient (Wildman–Crippen LogP) is 2.81. The molecule has 0 radical (unpaired) electrons. The van der Waals surface area contributed by atoms with Gasteiger partial charge in [0.05, 0.1) is 22.9 Å². The lowest BCUT2D eigenvalue weighted by Crippen LogP contribution is -2.34. The third kappa shape index (κ3) is 2.96. The van der Waals surface area contributed by atoms with Crippen LogP contribution in [0.25, 0.3) is 11.0 Å². The van der Waals surface area contributed by atoms with Gasteiger partial charge in [0.1, 0.15) is 0 Å². The Kier molecular flexibility index (Phi) is 4.37. The molecule has 2 heterocycles. The third-order valence-electron chi connectivity index (χ3n) is 4.50. The highest BCUT2D eigenvalue weighted by Crippen LogP contribution is 2.34. The van der Waals surface area contributed by atoms with Gasteiger partial charge in [0.25, 0.3) is 0 Å². The minimum Gasteiger partial charge on any atom is -0.339 e. The van der Waals surface area contributed by atoms with Gasteiger partial charge in [0.15, 0.2) is 5.82 Å². The molecule has 1 aliphatic rings. The zero-order chi connectivity index (χ0) is 15.0. The predicted molar refractivity (Wildman–Crippen MR) is 89.3 cm³/mol. The van der Waals surface area contributed by atoms with Crippen LogP contribution in [0, 0.1) is 0 Å². The van der Waals surface area contributed by atoms with E-state index in [2.05, 4.69) is 25.8 Å². The molecule has 1 aliphatic carbocycles. The number of rotatable bonds is 4. The Bertz CT molecular complexity index is 790. The molecule has 7 heteroatoms. The van der Waals surface area contributed by atoms with Crippen molar-refractivity contribution < 1.29 is 4.52 Å². The fraction of sp³-hybridized carbons (Fsp3) is 0.438. The first-order chi connectivity index (χ1) is 10.7. The lowest BCUT2D eigenvalue weighted by molar-refractivity contribution is 0.345. The monoisotopic (exact) mass is 333 g/mol. The van der Waals surface area contributed by atoms with E-state index >= 15 is 0 Å². The van der Waals surface area contributed by atoms with E-state index in [1.807, 2.05) is 24.5 Å². The molecule has 122 valence electrons. The van der Waals surface area contributed by atoms with Crippen LogP contribution in [0.4, 0.5) is 0 Å². The molecule has 4 rings (SSSR count). The van der Waals surface area contributed by atoms with Crippen LogP contribution < -0.4 is 5.73 Å². The van der Waals surface area contributed by atoms with Gasteiger partial charge < -0.3 is 14.8 Å². The summed E-state index contributed by atoms with van der Waals surface area (Å²) in [6.45, 7) is 0.764. The van der Waals surface area contributed by atoms with Gasteiger partial charge in [0.2, 0.25) is 5.89 Å². The smallest absolute Gasteiger partial charge is 0.228 e. The first-order valence-electron chi connectivity index (χ1n) is 7.76. The molecule has 0 saturated heterocycles. The van der Waals surface area contributed by atoms with Crippen molar-refractivity contribution in [3.8, 4) is 0 Å². The highest BCUT2D eigenvalue weighted by molar-refractivity contribution is 5.85. The van der Waals surface area contributed by atoms with Gasteiger partial charge in [-0.25, -0.2) is 4.98 Å². The fourth-order valence-electron chi connectivity index (χ4n) is 3.19. The first-order valence-corrected chi connectivity index (χ1v) is 7.76. The molecule has 0 atom stereocenters. The molecule has 3 aromatic rings. The van der Waals surface area contributed by atoms with Gasteiger partial charge in [-0.05, 0) is 25.0 Å². The summed E-state index contributed by atoms with van der Waals surface area (Å²) in [5, 5.41) is 4.10. The van der Waals surface area contributed by atoms with Crippen molar-refractivity contribution in [1.82, 2.24) is 19.7 Å². The molecular formula is C16H20ClN5O. The zero-order valence-corrected chi connectivity index (χ0v) is 13.6. The summed E-state index contributed by atoms with van der Waals surface area (Å²) in [5.41, 5.74) is 8.09. The summed E-state index contributed by atoms with van der Waals surface area (Å²) in [6, 6.07) is 8.08. The quantitative estimate of drug-likeness (QED) is 0.793. The van der Waals surface area contributed by atoms with Crippen LogP contribution in [0.2, 0.25) is 0 Å². The largest absolute Gasteiger partial charge is 0.339 e. The van der Waals surface area contributed by atoms with Crippen molar-refractivity contribution in [3.63, 3.8) is 0 Å². The highest BCUT2D eigenvalue weighted by atomic mass is 35.5. The van der Waals surface area contributed by atoms with Crippen molar-refractivity contribution in [2.24, 2.45) is 5.73 Å². The third-order valence-corrected chi connectivity index (χ3v) is 4.50. The van der Waals surface area contributed by atoms with E-state index in [1.165, 1.54) is 0 Å². The molecule has 2 N–H and O–H groups in total. The summed E-state index contributed by atoms with van der Waals surface area (Å²) in [7, 11) is 0. The van der Waals surface area contributed by atoms with Gasteiger partial charge in [-0.15, -0.1) is 12.4 Å². The Morgan fingerprint density at radius 3 is 2.83 bits per heavy atom. The van der Waals surface area contributed by atoms with Crippen LogP contribution >= 0.6 is 12.4 Å². The number of benzene rings is 1. The Morgan fingerprint density at radius 2 is 2.00 bits per heavy atom. The van der Waals surface area contributed by atoms with Crippen molar-refractivity contribution in [3.05, 3.63) is 42.3 Å². The minimum atomic E-state index is -0.385. The van der Waals surface area contributed by atoms with E-state index in [0.717, 1.165) is 43.3 Å². The van der Waals surface area contributed by atoms with E-state index < -0.39 is 0 Å². The average molecular weight is 334 g/mol. The number of aryl methyl sites for hydroxylation is 2. The second-order valence-electron chi connectivity index (χ2n) is 6.05. The topological polar surface area (TPSA) is 82.8 Å². The molecule has 1 saturated carbocycles. The second kappa shape index (κ2) is 6.29. The van der Waals surface area contributed by atoms with Gasteiger partial charge >= 0.3 is 0 Å². The molecule has 1 aromatic carbocycles. The van der Waals surface area contributed by atoms with Crippen molar-refractivity contribution in [2.45, 2.75) is 44.2 Å². The number of nitrogens with zero attached hydrogens (tertiary/aromatic N) is 4. The number of imidazole rings is 1. The van der Waals surface area contributed by atoms with E-state index in [9.17, 15) is 0 Å². The van der Waals surface area contributed by atoms with E-state index in [4.69, 9.17) is 10.3 Å². The number of para-hydroxylation sites is 2. The molecule has 23 heavy (non-hydrogen) atoms. The SMILES string of the molecule is Cl.NC1(c2noc(CCn3cnc4ccccc43)n2)CCCC1. The summed E-state index contributed by atoms with van der Waals surface area (Å²) < 4.78 is 7.48. The van der Waals surface area contributed by atoms with Crippen molar-refractivity contribution in [1.29, 1.82) is 0 Å². The zero-order valence-electron chi connectivity index (χ0n) is 12.8. The lowest BCUT2D eigenvalue weighted by Gasteiger charge is -2.17. The molecule has 0 amide bonds. The maximum atomic E-state index is 6.36. The number of hydrogen-bond acceptors (Lipinski definition) is 5. The Labute approximate surface area is 140 Å². The van der Waals surface area contributed by atoms with E-state index in [-0.39, 0.29) is 17.9 Å². The minimum absolute atomic E-state index is 0. The van der Waals surface area contributed by atoms with Crippen LogP contribution in [0.15, 0.2) is 35.1 Å². The Balaban J connectivity index is 0.00000156. The second-order valence-corrected chi connectivity index (χ2v) is 6.05. The summed E-state index contributed by atoms with van der Waals surface area (Å²) in [5.74, 6) is 1.31. The number of halogens is 1. The number of hydrogen-bond donors (Lipinski definition) is 1. The van der Waals surface area contributed by atoms with Crippen LogP contribution in [-0.4, -0.2) is 19.7 Å². The van der Waals surface area contributed by atoms with Gasteiger partial charge in [-0.3, -0.25) is 0 Å². The van der Waals surface area contributed by atoms with E-state index in [1.54, 1.807) is 0 Å². The van der Waals surface area contributed by atoms with Crippen molar-refractivity contribution >= 4 is 23.4 Å². The maximum absolute atomic E-state index is 6.36. The molecule has 0 aliphatic heterocycles. The molecule has 1 fully saturated rings. The fourth-order valence-corrected chi connectivity index (χ4v) is 3.19. The molecule has 2 aromatic heterocycles. The van der Waals surface area contributed by atoms with E-state index in [0.29, 0.717) is 18.1 Å². The summed E-state index contributed by atoms with van der Waals surface area (Å²) >= 11 is 0. The van der Waals surface area contributed by atoms with Crippen LogP contribution in [-0.2, 0) is 18.5 Å². The summed E-state index contributed by atoms with van der Waals surface area (Å²) in [4.78, 5) is 8.89. The van der Waals surface area contributed by atoms with Gasteiger partial charge in [0, 0.05) is 13.0 Å². The molecule has 6 nitrogen and oxygen atoms in total. The van der Waals surface area contributed by atoms with Crippen molar-refractivity contribution in [2.75, 3.05) is 0 Å². The van der Waals surface area contributed by atoms with Gasteiger partial charge in [-0.1, -0.05) is 30.1 Å². The summed E-state index contributed by atoms with van der Waals surface area (Å²) in [6.07, 6.45) is 6.70. The van der Waals surface area contributed by atoms with Crippen LogP contribution in [0.1, 0.15) is 37.4 Å². The molecular weight excluding hydrogens is 314 g/mol. The standard InChI is InChI=1S/C16H19N5O.ClH/c17-16(8-3-4-9-16)15-19-14(22-20-15)7-10-21-11-18-12-5-1-2-6-13(12)21;/h1-2,5-6,11H,3-4,7-10,17H2;1H. The van der Waals surface area contributed by atoms with Crippen LogP contribution in [0.5, 0.6) is 0 Å². The number of aromatic nitrogens is 4. The molecule has 0 spiro atoms. The first kappa shape index (κ1) is 16.0. The molecule has 0 unspecified atom stereocenters. The highest BCUT2D eigenvalue weighted by Gasteiger charge is 2.35. The number of nitrogens with two attached hydrogens (primary N) is 1. The Hall–Kier alpha value is -1.92. The maximum Gasteiger partial charge on any atom is 0.228 e. The normalized spacial score (nSPS) is 16.6. The Morgan fingerprint density at radius 1 is 1.22 bits per heavy atom. The number of fused-ring (bicyclic) bond motifs is 1. The lowest BCUT2D eigenvalue weighted by atomic mass is 9.99. The average Bonchev–Trinajstić information content (AvgIpc) is 3.25. The molecule has 0 bridgehead atoms. The van der Waals surface area contributed by atoms with Crippen LogP contribution in [0.3, 0.4) is 0 Å².